The molecule has 4 nitrogen and oxygen atoms in total. The molecule has 0 spiro atoms. The van der Waals surface area contributed by atoms with Gasteiger partial charge in [0.25, 0.3) is 0 Å². The third-order valence-corrected chi connectivity index (χ3v) is 21.2. The highest BCUT2D eigenvalue weighted by molar-refractivity contribution is 6.89. The van der Waals surface area contributed by atoms with Crippen molar-refractivity contribution in [3.05, 3.63) is 12.7 Å². The van der Waals surface area contributed by atoms with E-state index in [2.05, 4.69) is 88.9 Å². The summed E-state index contributed by atoms with van der Waals surface area (Å²) in [7, 11) is -7.46. The van der Waals surface area contributed by atoms with Crippen molar-refractivity contribution < 1.29 is 17.5 Å². The summed E-state index contributed by atoms with van der Waals surface area (Å²) in [6.07, 6.45) is 1.26. The van der Waals surface area contributed by atoms with Crippen molar-refractivity contribution in [3.8, 4) is 0 Å². The highest BCUT2D eigenvalue weighted by Gasteiger charge is 2.53. The Morgan fingerprint density at radius 2 is 1.17 bits per heavy atom. The van der Waals surface area contributed by atoms with Crippen LogP contribution in [-0.4, -0.2) is 31.4 Å². The van der Waals surface area contributed by atoms with Gasteiger partial charge in [-0.25, -0.2) is 4.79 Å². The summed E-state index contributed by atoms with van der Waals surface area (Å²) in [6, 6.07) is 1.56. The lowest BCUT2D eigenvalue weighted by atomic mass is 10.3. The number of carbonyl (C=O) groups excluding carboxylic acids is 1. The first-order valence-corrected chi connectivity index (χ1v) is 18.5. The normalized spacial score (nSPS) is 13.8. The lowest BCUT2D eigenvalue weighted by Gasteiger charge is -2.48. The molecule has 0 aromatic carbocycles. The fourth-order valence-electron chi connectivity index (χ4n) is 4.99. The zero-order chi connectivity index (χ0) is 23.2. The van der Waals surface area contributed by atoms with Gasteiger partial charge in [-0.05, 0) is 41.6 Å². The van der Waals surface area contributed by atoms with Gasteiger partial charge in [0.1, 0.15) is 0 Å². The van der Waals surface area contributed by atoms with Crippen molar-refractivity contribution >= 4 is 31.4 Å². The van der Waals surface area contributed by atoms with E-state index in [1.165, 1.54) is 6.08 Å². The average molecular weight is 461 g/mol. The van der Waals surface area contributed by atoms with Gasteiger partial charge in [-0.3, -0.25) is 0 Å². The van der Waals surface area contributed by atoms with Crippen molar-refractivity contribution in [1.29, 1.82) is 0 Å². The quantitative estimate of drug-likeness (QED) is 0.212. The van der Waals surface area contributed by atoms with E-state index in [1.807, 2.05) is 0 Å². The van der Waals surface area contributed by atoms with Crippen molar-refractivity contribution in [2.24, 2.45) is 11.8 Å². The van der Waals surface area contributed by atoms with Crippen LogP contribution >= 0.6 is 0 Å². The molecule has 0 heterocycles. The maximum absolute atomic E-state index is 12.3. The first kappa shape index (κ1) is 28.8. The molecule has 0 aliphatic heterocycles. The number of hydrogen-bond donors (Lipinski definition) is 0. The van der Waals surface area contributed by atoms with Gasteiger partial charge in [0.15, 0.2) is 8.32 Å². The Labute approximate surface area is 184 Å². The number of hydrogen-bond acceptors (Lipinski definition) is 4. The Kier molecular flexibility index (Phi) is 11.3. The van der Waals surface area contributed by atoms with E-state index in [0.717, 1.165) is 12.1 Å². The molecule has 0 fully saturated rings. The van der Waals surface area contributed by atoms with Crippen LogP contribution in [0.3, 0.4) is 0 Å². The van der Waals surface area contributed by atoms with Gasteiger partial charge in [0.05, 0.1) is 0 Å². The lowest BCUT2D eigenvalue weighted by molar-refractivity contribution is -0.130. The fourth-order valence-corrected chi connectivity index (χ4v) is 23.5. The van der Waals surface area contributed by atoms with Gasteiger partial charge in [0, 0.05) is 18.2 Å². The molecule has 0 radical (unpaired) electrons. The van der Waals surface area contributed by atoms with E-state index in [1.54, 1.807) is 0 Å². The molecular weight excluding hydrogens is 412 g/mol. The fraction of sp³-hybridized carbons (Fsp3) is 0.864. The number of carbonyl (C=O) groups is 1. The van der Waals surface area contributed by atoms with Crippen LogP contribution in [0.5, 0.6) is 0 Å². The summed E-state index contributed by atoms with van der Waals surface area (Å²) in [5, 5.41) is 0. The van der Waals surface area contributed by atoms with Crippen LogP contribution in [0.2, 0.25) is 41.8 Å². The monoisotopic (exact) mass is 460 g/mol. The van der Waals surface area contributed by atoms with Gasteiger partial charge < -0.3 is 12.7 Å². The molecule has 0 aliphatic carbocycles. The first-order valence-electron chi connectivity index (χ1n) is 11.3. The van der Waals surface area contributed by atoms with Gasteiger partial charge in [-0.1, -0.05) is 75.8 Å². The molecule has 0 aromatic heterocycles. The largest absolute Gasteiger partial charge is 0.492 e. The molecule has 7 heteroatoms. The summed E-state index contributed by atoms with van der Waals surface area (Å²) < 4.78 is 20.1. The standard InChI is InChI=1S/C22H48O4Si3/c1-14-22(23)24-28(15-17(2)3,16-18(4)5)25-27(12,13)26-29(19(6)7,20(8)9)21(10)11/h14,17-21H,1,15-16H2,2-13H3. The second-order valence-corrected chi connectivity index (χ2v) is 23.1. The summed E-state index contributed by atoms with van der Waals surface area (Å²) in [4.78, 5) is 12.3. The average Bonchev–Trinajstić information content (AvgIpc) is 2.49. The van der Waals surface area contributed by atoms with E-state index in [0.29, 0.717) is 28.5 Å². The summed E-state index contributed by atoms with van der Waals surface area (Å²) in [5.41, 5.74) is 1.46. The van der Waals surface area contributed by atoms with Crippen LogP contribution < -0.4 is 0 Å². The highest BCUT2D eigenvalue weighted by Crippen LogP contribution is 2.45. The zero-order valence-electron chi connectivity index (χ0n) is 21.2. The van der Waals surface area contributed by atoms with Gasteiger partial charge >= 0.3 is 23.1 Å². The Morgan fingerprint density at radius 3 is 1.45 bits per heavy atom. The molecule has 29 heavy (non-hydrogen) atoms. The summed E-state index contributed by atoms with van der Waals surface area (Å²) >= 11 is 0. The zero-order valence-corrected chi connectivity index (χ0v) is 24.2. The summed E-state index contributed by atoms with van der Waals surface area (Å²) in [6.45, 7) is 30.3. The van der Waals surface area contributed by atoms with E-state index >= 15 is 0 Å². The van der Waals surface area contributed by atoms with E-state index < -0.39 is 25.4 Å². The van der Waals surface area contributed by atoms with Crippen LogP contribution in [0.25, 0.3) is 0 Å². The van der Waals surface area contributed by atoms with Crippen LogP contribution in [0, 0.1) is 11.8 Å². The maximum atomic E-state index is 12.3. The Hall–Kier alpha value is -0.219. The topological polar surface area (TPSA) is 44.8 Å². The lowest BCUT2D eigenvalue weighted by Crippen LogP contribution is -2.61. The third-order valence-electron chi connectivity index (χ3n) is 5.45. The summed E-state index contributed by atoms with van der Waals surface area (Å²) in [5.74, 6) is 0.387. The molecule has 172 valence electrons. The minimum absolute atomic E-state index is 0.372. The molecule has 0 N–H and O–H groups in total. The second-order valence-electron chi connectivity index (χ2n) is 10.7. The molecule has 0 saturated carbocycles. The molecule has 0 saturated heterocycles. The van der Waals surface area contributed by atoms with E-state index in [9.17, 15) is 4.79 Å². The molecule has 0 aromatic rings. The highest BCUT2D eigenvalue weighted by atomic mass is 28.5. The van der Waals surface area contributed by atoms with Gasteiger partial charge in [-0.15, -0.1) is 0 Å². The van der Waals surface area contributed by atoms with Crippen molar-refractivity contribution in [3.63, 3.8) is 0 Å². The van der Waals surface area contributed by atoms with E-state index in [-0.39, 0.29) is 5.97 Å². The van der Waals surface area contributed by atoms with Crippen LogP contribution in [0.15, 0.2) is 12.7 Å². The van der Waals surface area contributed by atoms with Crippen molar-refractivity contribution in [2.75, 3.05) is 0 Å². The predicted molar refractivity (Wildman–Crippen MR) is 132 cm³/mol. The molecule has 0 amide bonds. The smallest absolute Gasteiger partial charge is 0.393 e. The third kappa shape index (κ3) is 8.44. The van der Waals surface area contributed by atoms with Crippen molar-refractivity contribution in [2.45, 2.75) is 111 Å². The van der Waals surface area contributed by atoms with Crippen LogP contribution in [0.1, 0.15) is 69.2 Å². The Bertz CT molecular complexity index is 496. The molecule has 0 atom stereocenters. The Morgan fingerprint density at radius 1 is 0.793 bits per heavy atom. The minimum atomic E-state index is -2.81. The Balaban J connectivity index is 6.15. The van der Waals surface area contributed by atoms with Gasteiger partial charge in [0.2, 0.25) is 0 Å². The molecular formula is C22H48O4Si3. The molecule has 0 rings (SSSR count). The predicted octanol–water partition coefficient (Wildman–Crippen LogP) is 7.38. The van der Waals surface area contributed by atoms with Crippen LogP contribution in [0.4, 0.5) is 0 Å². The van der Waals surface area contributed by atoms with Crippen molar-refractivity contribution in [1.82, 2.24) is 0 Å². The number of rotatable bonds is 13. The van der Waals surface area contributed by atoms with Crippen LogP contribution in [-0.2, 0) is 17.5 Å². The molecule has 0 unspecified atom stereocenters. The molecule has 0 aliphatic rings. The van der Waals surface area contributed by atoms with E-state index in [4.69, 9.17) is 12.7 Å². The first-order chi connectivity index (χ1) is 13.0. The molecule has 0 bridgehead atoms. The second kappa shape index (κ2) is 11.4. The minimum Gasteiger partial charge on any atom is -0.492 e. The van der Waals surface area contributed by atoms with Gasteiger partial charge in [-0.2, -0.15) is 0 Å². The maximum Gasteiger partial charge on any atom is 0.393 e. The SMILES string of the molecule is C=CC(=O)O[Si](CC(C)C)(CC(C)C)O[Si](C)(C)O[Si](C(C)C)(C(C)C)C(C)C.